The molecular weight excluding hydrogens is 308 g/mol. The van der Waals surface area contributed by atoms with Gasteiger partial charge < -0.3 is 5.11 Å². The van der Waals surface area contributed by atoms with Gasteiger partial charge in [0, 0.05) is 13.1 Å². The second-order valence-corrected chi connectivity index (χ2v) is 7.32. The summed E-state index contributed by atoms with van der Waals surface area (Å²) in [6.07, 6.45) is 1.20. The molecule has 1 aliphatic heterocycles. The summed E-state index contributed by atoms with van der Waals surface area (Å²) in [5.41, 5.74) is 0.287. The van der Waals surface area contributed by atoms with Crippen molar-refractivity contribution < 1.29 is 23.1 Å². The number of imide groups is 1. The molecular formula is C14H16N2O5S. The predicted octanol–water partition coefficient (Wildman–Crippen LogP) is 0.104. The van der Waals surface area contributed by atoms with Crippen LogP contribution in [0.4, 0.5) is 0 Å². The molecule has 2 amide bonds. The molecule has 1 aromatic rings. The van der Waals surface area contributed by atoms with Gasteiger partial charge >= 0.3 is 0 Å². The van der Waals surface area contributed by atoms with Crippen molar-refractivity contribution in [3.63, 3.8) is 0 Å². The van der Waals surface area contributed by atoms with E-state index in [1.54, 1.807) is 0 Å². The Hall–Kier alpha value is -1.77. The third-order valence-electron chi connectivity index (χ3n) is 4.16. The van der Waals surface area contributed by atoms with E-state index in [9.17, 15) is 23.1 Å². The van der Waals surface area contributed by atoms with Gasteiger partial charge in [0.1, 0.15) is 0 Å². The Bertz CT molecular complexity index is 758. The third kappa shape index (κ3) is 2.33. The first-order chi connectivity index (χ1) is 10.3. The number of amides is 2. The van der Waals surface area contributed by atoms with Gasteiger partial charge in [-0.15, -0.1) is 0 Å². The van der Waals surface area contributed by atoms with Gasteiger partial charge in [-0.1, -0.05) is 0 Å². The number of sulfonamides is 1. The number of nitrogens with zero attached hydrogens (tertiary/aromatic N) is 1. The van der Waals surface area contributed by atoms with Crippen molar-refractivity contribution in [3.05, 3.63) is 29.3 Å². The SMILES string of the molecule is CN1C(=O)c2ccc(S(=O)(=O)N[C@@H]3CCC[C@H]3O)cc2C1=O. The van der Waals surface area contributed by atoms with Crippen LogP contribution in [-0.2, 0) is 10.0 Å². The second-order valence-electron chi connectivity index (χ2n) is 5.60. The first-order valence-corrected chi connectivity index (χ1v) is 8.46. The standard InChI is InChI=1S/C14H16N2O5S/c1-16-13(18)9-6-5-8(7-10(9)14(16)19)22(20,21)15-11-3-2-4-12(11)17/h5-7,11-12,15,17H,2-4H2,1H3/t11-,12-/m1/s1. The van der Waals surface area contributed by atoms with Crippen LogP contribution in [0.25, 0.3) is 0 Å². The molecule has 0 radical (unpaired) electrons. The number of benzene rings is 1. The average molecular weight is 324 g/mol. The Kier molecular flexibility index (Phi) is 3.54. The van der Waals surface area contributed by atoms with Crippen molar-refractivity contribution in [1.82, 2.24) is 9.62 Å². The number of aliphatic hydroxyl groups excluding tert-OH is 1. The van der Waals surface area contributed by atoms with E-state index in [2.05, 4.69) is 4.72 Å². The van der Waals surface area contributed by atoms with Gasteiger partial charge in [-0.05, 0) is 37.5 Å². The van der Waals surface area contributed by atoms with Gasteiger partial charge in [-0.2, -0.15) is 0 Å². The summed E-state index contributed by atoms with van der Waals surface area (Å²) in [7, 11) is -2.50. The molecule has 2 atom stereocenters. The molecule has 1 fully saturated rings. The molecule has 3 rings (SSSR count). The van der Waals surface area contributed by atoms with Gasteiger partial charge in [0.25, 0.3) is 11.8 Å². The van der Waals surface area contributed by atoms with Gasteiger partial charge in [0.2, 0.25) is 10.0 Å². The predicted molar refractivity (Wildman–Crippen MR) is 76.8 cm³/mol. The summed E-state index contributed by atoms with van der Waals surface area (Å²) in [5.74, 6) is -0.957. The molecule has 1 aliphatic carbocycles. The van der Waals surface area contributed by atoms with E-state index in [1.807, 2.05) is 0 Å². The Morgan fingerprint density at radius 3 is 2.50 bits per heavy atom. The lowest BCUT2D eigenvalue weighted by atomic mass is 10.1. The van der Waals surface area contributed by atoms with E-state index in [0.29, 0.717) is 12.8 Å². The lowest BCUT2D eigenvalue weighted by Gasteiger charge is -2.16. The minimum atomic E-state index is -3.85. The van der Waals surface area contributed by atoms with Crippen molar-refractivity contribution >= 4 is 21.8 Å². The summed E-state index contributed by atoms with van der Waals surface area (Å²) >= 11 is 0. The summed E-state index contributed by atoms with van der Waals surface area (Å²) < 4.78 is 27.2. The molecule has 0 aromatic heterocycles. The van der Waals surface area contributed by atoms with Crippen molar-refractivity contribution in [1.29, 1.82) is 0 Å². The van der Waals surface area contributed by atoms with Crippen LogP contribution in [0.2, 0.25) is 0 Å². The number of aliphatic hydroxyl groups is 1. The summed E-state index contributed by atoms with van der Waals surface area (Å²) in [6.45, 7) is 0. The molecule has 8 heteroatoms. The molecule has 0 saturated heterocycles. The van der Waals surface area contributed by atoms with Crippen LogP contribution in [-0.4, -0.2) is 49.4 Å². The smallest absolute Gasteiger partial charge is 0.261 e. The van der Waals surface area contributed by atoms with E-state index >= 15 is 0 Å². The normalized spacial score (nSPS) is 24.9. The lowest BCUT2D eigenvalue weighted by Crippen LogP contribution is -2.39. The van der Waals surface area contributed by atoms with Crippen LogP contribution in [0.3, 0.4) is 0 Å². The number of carbonyl (C=O) groups is 2. The molecule has 0 unspecified atom stereocenters. The minimum absolute atomic E-state index is 0.0817. The maximum absolute atomic E-state index is 12.4. The highest BCUT2D eigenvalue weighted by Crippen LogP contribution is 2.26. The Balaban J connectivity index is 1.93. The lowest BCUT2D eigenvalue weighted by molar-refractivity contribution is 0.0693. The van der Waals surface area contributed by atoms with E-state index < -0.39 is 34.0 Å². The fourth-order valence-corrected chi connectivity index (χ4v) is 4.18. The monoisotopic (exact) mass is 324 g/mol. The molecule has 2 aliphatic rings. The van der Waals surface area contributed by atoms with Gasteiger partial charge in [-0.25, -0.2) is 13.1 Å². The zero-order valence-electron chi connectivity index (χ0n) is 11.9. The Morgan fingerprint density at radius 1 is 1.18 bits per heavy atom. The van der Waals surface area contributed by atoms with Crippen LogP contribution in [0, 0.1) is 0 Å². The van der Waals surface area contributed by atoms with E-state index in [0.717, 1.165) is 11.3 Å². The zero-order valence-corrected chi connectivity index (χ0v) is 12.8. The quantitative estimate of drug-likeness (QED) is 0.768. The molecule has 1 heterocycles. The van der Waals surface area contributed by atoms with Crippen LogP contribution < -0.4 is 4.72 Å². The zero-order chi connectivity index (χ0) is 16.1. The van der Waals surface area contributed by atoms with E-state index in [1.165, 1.54) is 25.2 Å². The van der Waals surface area contributed by atoms with Gasteiger partial charge in [-0.3, -0.25) is 14.5 Å². The van der Waals surface area contributed by atoms with E-state index in [-0.39, 0.29) is 16.0 Å². The highest BCUT2D eigenvalue weighted by atomic mass is 32.2. The molecule has 118 valence electrons. The molecule has 7 nitrogen and oxygen atoms in total. The number of nitrogens with one attached hydrogen (secondary N) is 1. The summed E-state index contributed by atoms with van der Waals surface area (Å²) in [5, 5.41) is 9.73. The highest BCUT2D eigenvalue weighted by molar-refractivity contribution is 7.89. The van der Waals surface area contributed by atoms with Crippen molar-refractivity contribution in [3.8, 4) is 0 Å². The Labute approximate surface area is 128 Å². The number of hydrogen-bond acceptors (Lipinski definition) is 5. The fourth-order valence-electron chi connectivity index (χ4n) is 2.85. The maximum atomic E-state index is 12.4. The topological polar surface area (TPSA) is 104 Å². The highest BCUT2D eigenvalue weighted by Gasteiger charge is 2.35. The summed E-state index contributed by atoms with van der Waals surface area (Å²) in [4.78, 5) is 24.6. The Morgan fingerprint density at radius 2 is 1.86 bits per heavy atom. The first-order valence-electron chi connectivity index (χ1n) is 6.98. The van der Waals surface area contributed by atoms with Gasteiger partial charge in [0.15, 0.2) is 0 Å². The minimum Gasteiger partial charge on any atom is -0.391 e. The van der Waals surface area contributed by atoms with Crippen LogP contribution in [0.5, 0.6) is 0 Å². The average Bonchev–Trinajstić information content (AvgIpc) is 2.97. The van der Waals surface area contributed by atoms with Crippen LogP contribution in [0.1, 0.15) is 40.0 Å². The van der Waals surface area contributed by atoms with Gasteiger partial charge in [0.05, 0.1) is 22.1 Å². The molecule has 1 saturated carbocycles. The van der Waals surface area contributed by atoms with Crippen molar-refractivity contribution in [2.24, 2.45) is 0 Å². The van der Waals surface area contributed by atoms with Crippen LogP contribution in [0.15, 0.2) is 23.1 Å². The first kappa shape index (κ1) is 15.1. The molecule has 2 N–H and O–H groups in total. The van der Waals surface area contributed by atoms with E-state index in [4.69, 9.17) is 0 Å². The maximum Gasteiger partial charge on any atom is 0.261 e. The van der Waals surface area contributed by atoms with Crippen LogP contribution >= 0.6 is 0 Å². The number of rotatable bonds is 3. The number of carbonyl (C=O) groups excluding carboxylic acids is 2. The third-order valence-corrected chi connectivity index (χ3v) is 5.65. The van der Waals surface area contributed by atoms with Crippen molar-refractivity contribution in [2.45, 2.75) is 36.3 Å². The molecule has 0 spiro atoms. The second kappa shape index (κ2) is 5.15. The largest absolute Gasteiger partial charge is 0.391 e. The number of hydrogen-bond donors (Lipinski definition) is 2. The molecule has 1 aromatic carbocycles. The molecule has 22 heavy (non-hydrogen) atoms. The molecule has 0 bridgehead atoms. The van der Waals surface area contributed by atoms with Crippen molar-refractivity contribution in [2.75, 3.05) is 7.05 Å². The number of fused-ring (bicyclic) bond motifs is 1. The summed E-state index contributed by atoms with van der Waals surface area (Å²) in [6, 6.07) is 3.34. The fraction of sp³-hybridized carbons (Fsp3) is 0.429.